The lowest BCUT2D eigenvalue weighted by Gasteiger charge is -2.17. The van der Waals surface area contributed by atoms with E-state index in [9.17, 15) is 5.11 Å². The molecule has 15 heavy (non-hydrogen) atoms. The minimum atomic E-state index is -0.482. The number of aliphatic hydroxyl groups is 1. The predicted molar refractivity (Wildman–Crippen MR) is 61.4 cm³/mol. The first-order valence-corrected chi connectivity index (χ1v) is 5.08. The van der Waals surface area contributed by atoms with Crippen LogP contribution in [0.5, 0.6) is 5.75 Å². The molecule has 0 amide bonds. The molecule has 1 unspecified atom stereocenters. The van der Waals surface area contributed by atoms with Gasteiger partial charge in [0.15, 0.2) is 0 Å². The van der Waals surface area contributed by atoms with E-state index in [0.29, 0.717) is 6.54 Å². The van der Waals surface area contributed by atoms with Crippen molar-refractivity contribution in [2.75, 3.05) is 20.7 Å². The number of benzene rings is 1. The quantitative estimate of drug-likeness (QED) is 0.790. The van der Waals surface area contributed by atoms with E-state index >= 15 is 0 Å². The highest BCUT2D eigenvalue weighted by molar-refractivity contribution is 5.46. The Hall–Kier alpha value is -1.06. The van der Waals surface area contributed by atoms with Gasteiger partial charge in [0, 0.05) is 6.54 Å². The summed E-state index contributed by atoms with van der Waals surface area (Å²) in [6, 6.07) is 3.93. The maximum Gasteiger partial charge on any atom is 0.125 e. The molecule has 1 aromatic rings. The highest BCUT2D eigenvalue weighted by Crippen LogP contribution is 2.29. The van der Waals surface area contributed by atoms with E-state index in [1.54, 1.807) is 7.11 Å². The van der Waals surface area contributed by atoms with Crippen molar-refractivity contribution in [3.8, 4) is 5.75 Å². The average Bonchev–Trinajstić information content (AvgIpc) is 2.18. The number of aryl methyl sites for hydroxylation is 1. The molecule has 0 bridgehead atoms. The molecule has 2 N–H and O–H groups in total. The van der Waals surface area contributed by atoms with E-state index in [2.05, 4.69) is 5.32 Å². The lowest BCUT2D eigenvalue weighted by molar-refractivity contribution is 0.176. The molecule has 1 rings (SSSR count). The van der Waals surface area contributed by atoms with Gasteiger partial charge in [0.25, 0.3) is 0 Å². The van der Waals surface area contributed by atoms with Crippen LogP contribution in [-0.4, -0.2) is 25.8 Å². The zero-order chi connectivity index (χ0) is 11.4. The monoisotopic (exact) mass is 209 g/mol. The Bertz CT molecular complexity index is 337. The molecule has 0 aromatic heterocycles. The lowest BCUT2D eigenvalue weighted by Crippen LogP contribution is -2.17. The van der Waals surface area contributed by atoms with Crippen LogP contribution in [0.3, 0.4) is 0 Å². The maximum absolute atomic E-state index is 9.89. The largest absolute Gasteiger partial charge is 0.496 e. The fraction of sp³-hybridized carbons (Fsp3) is 0.500. The number of aliphatic hydroxyl groups excluding tert-OH is 1. The fourth-order valence-electron chi connectivity index (χ4n) is 1.82. The van der Waals surface area contributed by atoms with Crippen LogP contribution in [0.2, 0.25) is 0 Å². The van der Waals surface area contributed by atoms with E-state index < -0.39 is 6.10 Å². The van der Waals surface area contributed by atoms with Crippen LogP contribution >= 0.6 is 0 Å². The van der Waals surface area contributed by atoms with Crippen molar-refractivity contribution < 1.29 is 9.84 Å². The van der Waals surface area contributed by atoms with Crippen LogP contribution in [0, 0.1) is 13.8 Å². The Kier molecular flexibility index (Phi) is 4.12. The van der Waals surface area contributed by atoms with Gasteiger partial charge >= 0.3 is 0 Å². The smallest absolute Gasteiger partial charge is 0.125 e. The molecule has 3 heteroatoms. The highest BCUT2D eigenvalue weighted by Gasteiger charge is 2.13. The van der Waals surface area contributed by atoms with Crippen molar-refractivity contribution in [2.24, 2.45) is 0 Å². The van der Waals surface area contributed by atoms with Gasteiger partial charge in [-0.2, -0.15) is 0 Å². The molecular formula is C12H19NO2. The Balaban J connectivity index is 3.09. The molecule has 1 atom stereocenters. The topological polar surface area (TPSA) is 41.5 Å². The van der Waals surface area contributed by atoms with Crippen molar-refractivity contribution in [3.63, 3.8) is 0 Å². The molecule has 0 aliphatic heterocycles. The number of rotatable bonds is 4. The number of ether oxygens (including phenoxy) is 1. The first-order chi connectivity index (χ1) is 7.11. The Morgan fingerprint density at radius 3 is 2.60 bits per heavy atom. The van der Waals surface area contributed by atoms with Gasteiger partial charge in [-0.1, -0.05) is 12.1 Å². The second kappa shape index (κ2) is 5.14. The Morgan fingerprint density at radius 1 is 1.40 bits per heavy atom. The van der Waals surface area contributed by atoms with Gasteiger partial charge in [-0.05, 0) is 37.6 Å². The average molecular weight is 209 g/mol. The zero-order valence-corrected chi connectivity index (χ0v) is 9.79. The number of hydrogen-bond donors (Lipinski definition) is 2. The summed E-state index contributed by atoms with van der Waals surface area (Å²) in [4.78, 5) is 0. The van der Waals surface area contributed by atoms with Crippen LogP contribution in [0.15, 0.2) is 12.1 Å². The van der Waals surface area contributed by atoms with Gasteiger partial charge in [-0.15, -0.1) is 0 Å². The third-order valence-electron chi connectivity index (χ3n) is 2.61. The van der Waals surface area contributed by atoms with Crippen molar-refractivity contribution in [2.45, 2.75) is 20.0 Å². The van der Waals surface area contributed by atoms with E-state index in [0.717, 1.165) is 22.4 Å². The SMILES string of the molecule is CNCC(O)c1ccc(C)c(OC)c1C. The minimum absolute atomic E-state index is 0.482. The molecular weight excluding hydrogens is 190 g/mol. The van der Waals surface area contributed by atoms with Gasteiger partial charge in [0.05, 0.1) is 13.2 Å². The second-order valence-electron chi connectivity index (χ2n) is 3.70. The van der Waals surface area contributed by atoms with Crippen LogP contribution in [0.1, 0.15) is 22.8 Å². The van der Waals surface area contributed by atoms with Crippen LogP contribution in [0.4, 0.5) is 0 Å². The van der Waals surface area contributed by atoms with Crippen molar-refractivity contribution in [1.82, 2.24) is 5.32 Å². The van der Waals surface area contributed by atoms with Crippen LogP contribution in [0.25, 0.3) is 0 Å². The summed E-state index contributed by atoms with van der Waals surface area (Å²) < 4.78 is 5.31. The first kappa shape index (κ1) is 12.0. The lowest BCUT2D eigenvalue weighted by atomic mass is 9.99. The van der Waals surface area contributed by atoms with Gasteiger partial charge in [-0.3, -0.25) is 0 Å². The third kappa shape index (κ3) is 2.49. The number of methoxy groups -OCH3 is 1. The summed E-state index contributed by atoms with van der Waals surface area (Å²) in [5.74, 6) is 0.864. The van der Waals surface area contributed by atoms with Crippen molar-refractivity contribution in [1.29, 1.82) is 0 Å². The number of hydrogen-bond acceptors (Lipinski definition) is 3. The van der Waals surface area contributed by atoms with Crippen LogP contribution in [-0.2, 0) is 0 Å². The highest BCUT2D eigenvalue weighted by atomic mass is 16.5. The molecule has 0 aliphatic rings. The summed E-state index contributed by atoms with van der Waals surface area (Å²) in [5, 5.41) is 12.8. The van der Waals surface area contributed by atoms with Gasteiger partial charge in [0.1, 0.15) is 5.75 Å². The van der Waals surface area contributed by atoms with Crippen molar-refractivity contribution >= 4 is 0 Å². The fourth-order valence-corrected chi connectivity index (χ4v) is 1.82. The summed E-state index contributed by atoms with van der Waals surface area (Å²) in [6.45, 7) is 4.52. The second-order valence-corrected chi connectivity index (χ2v) is 3.70. The van der Waals surface area contributed by atoms with E-state index in [-0.39, 0.29) is 0 Å². The summed E-state index contributed by atoms with van der Waals surface area (Å²) in [7, 11) is 3.48. The summed E-state index contributed by atoms with van der Waals surface area (Å²) in [5.41, 5.74) is 3.03. The normalized spacial score (nSPS) is 12.6. The first-order valence-electron chi connectivity index (χ1n) is 5.08. The molecule has 1 aromatic carbocycles. The molecule has 0 heterocycles. The summed E-state index contributed by atoms with van der Waals surface area (Å²) >= 11 is 0. The van der Waals surface area contributed by atoms with E-state index in [4.69, 9.17) is 4.74 Å². The number of nitrogens with one attached hydrogen (secondary N) is 1. The molecule has 0 saturated carbocycles. The molecule has 3 nitrogen and oxygen atoms in total. The minimum Gasteiger partial charge on any atom is -0.496 e. The zero-order valence-electron chi connectivity index (χ0n) is 9.79. The van der Waals surface area contributed by atoms with E-state index in [1.807, 2.05) is 33.0 Å². The predicted octanol–water partition coefficient (Wildman–Crippen LogP) is 1.56. The molecule has 0 radical (unpaired) electrons. The standard InChI is InChI=1S/C12H19NO2/c1-8-5-6-10(11(14)7-13-3)9(2)12(8)15-4/h5-6,11,13-14H,7H2,1-4H3. The Labute approximate surface area is 91.1 Å². The number of likely N-dealkylation sites (N-methyl/N-ethyl adjacent to an activating group) is 1. The molecule has 0 saturated heterocycles. The molecule has 0 fully saturated rings. The maximum atomic E-state index is 9.89. The van der Waals surface area contributed by atoms with Crippen LogP contribution < -0.4 is 10.1 Å². The van der Waals surface area contributed by atoms with Gasteiger partial charge in [-0.25, -0.2) is 0 Å². The summed E-state index contributed by atoms with van der Waals surface area (Å²) in [6.07, 6.45) is -0.482. The van der Waals surface area contributed by atoms with Gasteiger partial charge in [0.2, 0.25) is 0 Å². The molecule has 0 aliphatic carbocycles. The van der Waals surface area contributed by atoms with Gasteiger partial charge < -0.3 is 15.2 Å². The third-order valence-corrected chi connectivity index (χ3v) is 2.61. The molecule has 84 valence electrons. The Morgan fingerprint density at radius 2 is 2.07 bits per heavy atom. The molecule has 0 spiro atoms. The van der Waals surface area contributed by atoms with E-state index in [1.165, 1.54) is 0 Å². The van der Waals surface area contributed by atoms with Crippen molar-refractivity contribution in [3.05, 3.63) is 28.8 Å².